The molecule has 3 aliphatic heterocycles. The van der Waals surface area contributed by atoms with Crippen molar-refractivity contribution in [2.45, 2.75) is 38.5 Å². The summed E-state index contributed by atoms with van der Waals surface area (Å²) in [6.07, 6.45) is 2.13. The molecule has 0 aliphatic carbocycles. The van der Waals surface area contributed by atoms with E-state index in [4.69, 9.17) is 14.2 Å². The van der Waals surface area contributed by atoms with E-state index in [1.165, 1.54) is 18.5 Å². The van der Waals surface area contributed by atoms with E-state index in [1.54, 1.807) is 6.07 Å². The predicted molar refractivity (Wildman–Crippen MR) is 118 cm³/mol. The minimum absolute atomic E-state index is 0.0448. The number of fused-ring (bicyclic) bond motifs is 3. The molecule has 1 unspecified atom stereocenters. The average Bonchev–Trinajstić information content (AvgIpc) is 3.12. The van der Waals surface area contributed by atoms with Crippen molar-refractivity contribution in [1.82, 2.24) is 10.2 Å². The van der Waals surface area contributed by atoms with Crippen LogP contribution in [0.2, 0.25) is 0 Å². The van der Waals surface area contributed by atoms with Gasteiger partial charge in [-0.2, -0.15) is 0 Å². The van der Waals surface area contributed by atoms with Crippen LogP contribution in [0.3, 0.4) is 0 Å². The van der Waals surface area contributed by atoms with E-state index in [-0.39, 0.29) is 18.1 Å². The average molecular weight is 423 g/mol. The number of ether oxygens (including phenoxy) is 3. The SMILES string of the molecule is Cc1ccc(COC[C@@H]2COc3ccc(C(=O)N[C@@H]4C[C@@H]5CCN(C5)C4)cc3O2)cc1. The fourth-order valence-electron chi connectivity index (χ4n) is 4.76. The van der Waals surface area contributed by atoms with Gasteiger partial charge in [0.2, 0.25) is 0 Å². The van der Waals surface area contributed by atoms with Crippen molar-refractivity contribution in [1.29, 1.82) is 0 Å². The lowest BCUT2D eigenvalue weighted by atomic mass is 9.96. The number of hydrogen-bond donors (Lipinski definition) is 1. The molecule has 164 valence electrons. The number of benzene rings is 2. The second kappa shape index (κ2) is 8.89. The normalized spacial score (nSPS) is 26.5. The molecule has 3 heterocycles. The molecule has 5 rings (SSSR count). The molecule has 0 radical (unpaired) electrons. The highest BCUT2D eigenvalue weighted by molar-refractivity contribution is 5.95. The van der Waals surface area contributed by atoms with E-state index < -0.39 is 0 Å². The third kappa shape index (κ3) is 4.86. The number of nitrogens with one attached hydrogen (secondary N) is 1. The second-order valence-corrected chi connectivity index (χ2v) is 9.03. The molecule has 0 aromatic heterocycles. The van der Waals surface area contributed by atoms with Gasteiger partial charge in [-0.3, -0.25) is 4.79 Å². The van der Waals surface area contributed by atoms with Gasteiger partial charge in [0.1, 0.15) is 6.61 Å². The van der Waals surface area contributed by atoms with Crippen LogP contribution in [0, 0.1) is 12.8 Å². The van der Waals surface area contributed by atoms with Gasteiger partial charge in [-0.05, 0) is 56.0 Å². The van der Waals surface area contributed by atoms with E-state index in [0.29, 0.717) is 36.9 Å². The second-order valence-electron chi connectivity index (χ2n) is 9.03. The largest absolute Gasteiger partial charge is 0.486 e. The highest BCUT2D eigenvalue weighted by Crippen LogP contribution is 2.33. The zero-order chi connectivity index (χ0) is 21.2. The molecule has 2 bridgehead atoms. The number of amides is 1. The van der Waals surface area contributed by atoms with Crippen molar-refractivity contribution in [2.75, 3.05) is 32.8 Å². The molecule has 2 fully saturated rings. The van der Waals surface area contributed by atoms with E-state index in [9.17, 15) is 4.79 Å². The van der Waals surface area contributed by atoms with E-state index >= 15 is 0 Å². The minimum atomic E-state index is -0.196. The molecule has 2 aromatic carbocycles. The lowest BCUT2D eigenvalue weighted by Gasteiger charge is -2.30. The van der Waals surface area contributed by atoms with Crippen LogP contribution in [0.4, 0.5) is 0 Å². The maximum absolute atomic E-state index is 12.8. The van der Waals surface area contributed by atoms with Gasteiger partial charge in [0.15, 0.2) is 17.6 Å². The maximum atomic E-state index is 12.8. The van der Waals surface area contributed by atoms with E-state index in [2.05, 4.69) is 41.4 Å². The Bertz CT molecular complexity index is 918. The molecule has 6 heteroatoms. The molecule has 6 nitrogen and oxygen atoms in total. The maximum Gasteiger partial charge on any atom is 0.251 e. The molecule has 1 amide bonds. The Morgan fingerprint density at radius 3 is 2.87 bits per heavy atom. The smallest absolute Gasteiger partial charge is 0.251 e. The molecule has 0 spiro atoms. The zero-order valence-corrected chi connectivity index (χ0v) is 18.0. The number of carbonyl (C=O) groups excluding carboxylic acids is 1. The first kappa shape index (κ1) is 20.3. The number of piperidine rings is 1. The van der Waals surface area contributed by atoms with Crippen molar-refractivity contribution >= 4 is 5.91 Å². The Morgan fingerprint density at radius 2 is 2.03 bits per heavy atom. The standard InChI is InChI=1S/C25H30N2O4/c1-17-2-4-18(5-3-17)14-29-15-22-16-30-23-7-6-20(11-24(23)31-22)25(28)26-21-10-19-8-9-27(12-19)13-21/h2-7,11,19,21-22H,8-10,12-16H2,1H3,(H,26,28)/t19-,21+,22+/m0/s1. The fourth-order valence-corrected chi connectivity index (χ4v) is 4.76. The number of hydrogen-bond acceptors (Lipinski definition) is 5. The van der Waals surface area contributed by atoms with Crippen molar-refractivity contribution in [2.24, 2.45) is 5.92 Å². The molecule has 31 heavy (non-hydrogen) atoms. The monoisotopic (exact) mass is 422 g/mol. The fraction of sp³-hybridized carbons (Fsp3) is 0.480. The van der Waals surface area contributed by atoms with Crippen molar-refractivity contribution in [3.63, 3.8) is 0 Å². The van der Waals surface area contributed by atoms with Gasteiger partial charge in [0.05, 0.1) is 13.2 Å². The number of nitrogens with zero attached hydrogens (tertiary/aromatic N) is 1. The quantitative estimate of drug-likeness (QED) is 0.775. The summed E-state index contributed by atoms with van der Waals surface area (Å²) in [5.41, 5.74) is 2.98. The van der Waals surface area contributed by atoms with Gasteiger partial charge < -0.3 is 24.4 Å². The first-order valence-electron chi connectivity index (χ1n) is 11.2. The predicted octanol–water partition coefficient (Wildman–Crippen LogP) is 3.18. The lowest BCUT2D eigenvalue weighted by molar-refractivity contribution is 0.00267. The molecule has 1 N–H and O–H groups in total. The summed E-state index contributed by atoms with van der Waals surface area (Å²) < 4.78 is 17.7. The molecule has 2 aromatic rings. The van der Waals surface area contributed by atoms with Crippen molar-refractivity contribution in [3.8, 4) is 11.5 Å². The van der Waals surface area contributed by atoms with Crippen LogP contribution in [0.1, 0.15) is 34.3 Å². The molecular formula is C25H30N2O4. The van der Waals surface area contributed by atoms with Crippen LogP contribution in [-0.4, -0.2) is 55.8 Å². The van der Waals surface area contributed by atoms with E-state index in [0.717, 1.165) is 31.0 Å². The van der Waals surface area contributed by atoms with Gasteiger partial charge in [0.25, 0.3) is 5.91 Å². The van der Waals surface area contributed by atoms with Gasteiger partial charge >= 0.3 is 0 Å². The summed E-state index contributed by atoms with van der Waals surface area (Å²) in [4.78, 5) is 15.3. The van der Waals surface area contributed by atoms with Crippen LogP contribution < -0.4 is 14.8 Å². The van der Waals surface area contributed by atoms with Gasteiger partial charge in [-0.1, -0.05) is 29.8 Å². The summed E-state index contributed by atoms with van der Waals surface area (Å²) in [6, 6.07) is 13.9. The first-order chi connectivity index (χ1) is 15.1. The first-order valence-corrected chi connectivity index (χ1v) is 11.2. The number of rotatable bonds is 6. The highest BCUT2D eigenvalue weighted by Gasteiger charge is 2.33. The number of carbonyl (C=O) groups is 1. The topological polar surface area (TPSA) is 60.0 Å². The van der Waals surface area contributed by atoms with Crippen LogP contribution in [-0.2, 0) is 11.3 Å². The van der Waals surface area contributed by atoms with Gasteiger partial charge in [-0.25, -0.2) is 0 Å². The molecule has 4 atom stereocenters. The Kier molecular flexibility index (Phi) is 5.83. The summed E-state index contributed by atoms with van der Waals surface area (Å²) in [5.74, 6) is 1.96. The van der Waals surface area contributed by atoms with Crippen molar-refractivity contribution in [3.05, 3.63) is 59.2 Å². The van der Waals surface area contributed by atoms with Crippen LogP contribution in [0.25, 0.3) is 0 Å². The Labute approximate surface area is 183 Å². The van der Waals surface area contributed by atoms with Gasteiger partial charge in [0, 0.05) is 24.7 Å². The Morgan fingerprint density at radius 1 is 1.16 bits per heavy atom. The lowest BCUT2D eigenvalue weighted by Crippen LogP contribution is -2.47. The van der Waals surface area contributed by atoms with E-state index in [1.807, 2.05) is 12.1 Å². The minimum Gasteiger partial charge on any atom is -0.486 e. The zero-order valence-electron chi connectivity index (χ0n) is 18.0. The summed E-state index contributed by atoms with van der Waals surface area (Å²) >= 11 is 0. The van der Waals surface area contributed by atoms with Gasteiger partial charge in [-0.15, -0.1) is 0 Å². The summed E-state index contributed by atoms with van der Waals surface area (Å²) in [7, 11) is 0. The summed E-state index contributed by atoms with van der Waals surface area (Å²) in [5, 5.41) is 3.21. The highest BCUT2D eigenvalue weighted by atomic mass is 16.6. The number of aryl methyl sites for hydroxylation is 1. The molecule has 0 saturated carbocycles. The van der Waals surface area contributed by atoms with Crippen LogP contribution >= 0.6 is 0 Å². The third-order valence-electron chi connectivity index (χ3n) is 6.42. The van der Waals surface area contributed by atoms with Crippen LogP contribution in [0.5, 0.6) is 11.5 Å². The Hall–Kier alpha value is -2.57. The summed E-state index contributed by atoms with van der Waals surface area (Å²) in [6.45, 7) is 6.77. The van der Waals surface area contributed by atoms with Crippen molar-refractivity contribution < 1.29 is 19.0 Å². The van der Waals surface area contributed by atoms with Crippen LogP contribution in [0.15, 0.2) is 42.5 Å². The Balaban J connectivity index is 1.15. The molecule has 3 aliphatic rings. The molecule has 2 saturated heterocycles. The third-order valence-corrected chi connectivity index (χ3v) is 6.42. The molecular weight excluding hydrogens is 392 g/mol.